The summed E-state index contributed by atoms with van der Waals surface area (Å²) >= 11 is 3.78. The molecule has 6 aromatic carbocycles. The Kier molecular flexibility index (Phi) is 5.32. The number of nitrogens with zero attached hydrogens (tertiary/aromatic N) is 3. The first-order chi connectivity index (χ1) is 22.3. The highest BCUT2D eigenvalue weighted by molar-refractivity contribution is 7.28. The topological polar surface area (TPSA) is 30.7 Å². The van der Waals surface area contributed by atoms with E-state index in [4.69, 9.17) is 9.97 Å². The second-order valence-corrected chi connectivity index (χ2v) is 13.5. The molecule has 0 amide bonds. The highest BCUT2D eigenvalue weighted by Gasteiger charge is 2.22. The van der Waals surface area contributed by atoms with Crippen molar-refractivity contribution in [3.63, 3.8) is 0 Å². The molecule has 0 aliphatic rings. The molecule has 0 saturated carbocycles. The molecule has 10 aromatic rings. The molecule has 0 aliphatic heterocycles. The third-order valence-corrected chi connectivity index (χ3v) is 11.2. The molecular weight excluding hydrogens is 587 g/mol. The van der Waals surface area contributed by atoms with E-state index in [0.29, 0.717) is 5.82 Å². The summed E-state index contributed by atoms with van der Waals surface area (Å²) in [4.78, 5) is 10.4. The molecule has 0 saturated heterocycles. The maximum Gasteiger partial charge on any atom is 0.162 e. The van der Waals surface area contributed by atoms with Gasteiger partial charge in [0.05, 0.1) is 16.7 Å². The molecule has 4 aromatic heterocycles. The summed E-state index contributed by atoms with van der Waals surface area (Å²) in [5.74, 6) is 1.58. The van der Waals surface area contributed by atoms with Crippen LogP contribution in [0.4, 0.5) is 0 Å². The Hall–Kier alpha value is -5.36. The molecule has 0 bridgehead atoms. The van der Waals surface area contributed by atoms with Crippen LogP contribution in [0.25, 0.3) is 90.6 Å². The predicted octanol–water partition coefficient (Wildman–Crippen LogP) is 11.6. The lowest BCUT2D eigenvalue weighted by molar-refractivity contribution is 1.05. The Balaban J connectivity index is 1.39. The number of thiophene rings is 2. The molecule has 0 unspecified atom stereocenters. The van der Waals surface area contributed by atoms with Crippen LogP contribution in [0.2, 0.25) is 0 Å². The van der Waals surface area contributed by atoms with Crippen LogP contribution >= 0.6 is 22.7 Å². The lowest BCUT2D eigenvalue weighted by atomic mass is 10.1. The average molecular weight is 610 g/mol. The number of rotatable bonds is 3. The molecule has 5 heteroatoms. The van der Waals surface area contributed by atoms with Crippen molar-refractivity contribution in [2.45, 2.75) is 0 Å². The van der Waals surface area contributed by atoms with Crippen LogP contribution in [0.15, 0.2) is 140 Å². The Morgan fingerprint density at radius 2 is 0.956 bits per heavy atom. The standard InChI is InChI=1S/C40H23N3S2/c1-3-11-24(12-4-1)30-23-35(42-40(41-30)25-13-5-2-6-14-25)43-31-21-19-28-26-15-7-9-17-33(26)44-38(28)36(31)37-32(43)22-20-29-27-16-8-10-18-34(27)45-39(29)37/h1-23H. The van der Waals surface area contributed by atoms with Gasteiger partial charge in [0, 0.05) is 68.3 Å². The van der Waals surface area contributed by atoms with E-state index in [9.17, 15) is 0 Å². The van der Waals surface area contributed by atoms with Gasteiger partial charge in [-0.2, -0.15) is 0 Å². The minimum absolute atomic E-state index is 0.716. The molecule has 0 N–H and O–H groups in total. The van der Waals surface area contributed by atoms with Crippen molar-refractivity contribution in [3.8, 4) is 28.5 Å². The Morgan fingerprint density at radius 1 is 0.444 bits per heavy atom. The van der Waals surface area contributed by atoms with E-state index in [1.54, 1.807) is 0 Å². The zero-order valence-corrected chi connectivity index (χ0v) is 25.6. The monoisotopic (exact) mass is 609 g/mol. The van der Waals surface area contributed by atoms with E-state index < -0.39 is 0 Å². The first kappa shape index (κ1) is 25.0. The van der Waals surface area contributed by atoms with E-state index in [-0.39, 0.29) is 0 Å². The fourth-order valence-corrected chi connectivity index (χ4v) is 9.31. The van der Waals surface area contributed by atoms with Gasteiger partial charge in [-0.1, -0.05) is 109 Å². The van der Waals surface area contributed by atoms with E-state index in [0.717, 1.165) is 33.7 Å². The average Bonchev–Trinajstić information content (AvgIpc) is 3.78. The van der Waals surface area contributed by atoms with Crippen molar-refractivity contribution in [2.75, 3.05) is 0 Å². The molecule has 10 rings (SSSR count). The minimum Gasteiger partial charge on any atom is -0.294 e. The maximum atomic E-state index is 5.28. The maximum absolute atomic E-state index is 5.28. The van der Waals surface area contributed by atoms with Crippen molar-refractivity contribution in [2.24, 2.45) is 0 Å². The van der Waals surface area contributed by atoms with Crippen LogP contribution in [-0.2, 0) is 0 Å². The molecule has 45 heavy (non-hydrogen) atoms. The Labute approximate surface area is 266 Å². The van der Waals surface area contributed by atoms with Crippen LogP contribution in [-0.4, -0.2) is 14.5 Å². The smallest absolute Gasteiger partial charge is 0.162 e. The normalized spacial score (nSPS) is 12.0. The van der Waals surface area contributed by atoms with Crippen molar-refractivity contribution < 1.29 is 0 Å². The fourth-order valence-electron chi connectivity index (χ4n) is 6.81. The van der Waals surface area contributed by atoms with E-state index in [1.165, 1.54) is 51.1 Å². The summed E-state index contributed by atoms with van der Waals surface area (Å²) in [6.07, 6.45) is 0. The van der Waals surface area contributed by atoms with Crippen LogP contribution < -0.4 is 0 Å². The lowest BCUT2D eigenvalue weighted by Gasteiger charge is -2.12. The number of hydrogen-bond donors (Lipinski definition) is 0. The molecule has 0 spiro atoms. The van der Waals surface area contributed by atoms with Crippen molar-refractivity contribution >= 4 is 84.8 Å². The predicted molar refractivity (Wildman–Crippen MR) is 193 cm³/mol. The summed E-state index contributed by atoms with van der Waals surface area (Å²) in [6.45, 7) is 0. The zero-order chi connectivity index (χ0) is 29.5. The summed E-state index contributed by atoms with van der Waals surface area (Å²) in [5, 5.41) is 7.81. The van der Waals surface area contributed by atoms with E-state index >= 15 is 0 Å². The zero-order valence-electron chi connectivity index (χ0n) is 23.9. The third-order valence-electron chi connectivity index (χ3n) is 8.82. The van der Waals surface area contributed by atoms with Gasteiger partial charge < -0.3 is 0 Å². The van der Waals surface area contributed by atoms with Gasteiger partial charge in [-0.3, -0.25) is 4.57 Å². The highest BCUT2D eigenvalue weighted by atomic mass is 32.1. The SMILES string of the molecule is c1ccc(-c2cc(-n3c4ccc5c6ccccc6sc5c4c4c5sc6ccccc6c5ccc43)nc(-c3ccccc3)n2)cc1. The number of benzene rings is 6. The third kappa shape index (κ3) is 3.69. The molecule has 0 fully saturated rings. The Bertz CT molecular complexity index is 2570. The minimum atomic E-state index is 0.716. The van der Waals surface area contributed by atoms with Crippen molar-refractivity contribution in [1.29, 1.82) is 0 Å². The van der Waals surface area contributed by atoms with Gasteiger partial charge in [0.2, 0.25) is 0 Å². The summed E-state index contributed by atoms with van der Waals surface area (Å²) in [5.41, 5.74) is 5.28. The van der Waals surface area contributed by atoms with Crippen LogP contribution in [0, 0.1) is 0 Å². The molecule has 0 atom stereocenters. The van der Waals surface area contributed by atoms with Crippen molar-refractivity contribution in [1.82, 2.24) is 14.5 Å². The second kappa shape index (κ2) is 9.57. The lowest BCUT2D eigenvalue weighted by Crippen LogP contribution is -2.02. The summed E-state index contributed by atoms with van der Waals surface area (Å²) in [6, 6.07) is 49.6. The van der Waals surface area contributed by atoms with Gasteiger partial charge in [0.1, 0.15) is 5.82 Å². The number of fused-ring (bicyclic) bond motifs is 11. The summed E-state index contributed by atoms with van der Waals surface area (Å²) < 4.78 is 7.62. The van der Waals surface area contributed by atoms with Gasteiger partial charge >= 0.3 is 0 Å². The van der Waals surface area contributed by atoms with Gasteiger partial charge in [-0.25, -0.2) is 9.97 Å². The van der Waals surface area contributed by atoms with Crippen LogP contribution in [0.3, 0.4) is 0 Å². The largest absolute Gasteiger partial charge is 0.294 e. The van der Waals surface area contributed by atoms with Gasteiger partial charge in [-0.15, -0.1) is 22.7 Å². The van der Waals surface area contributed by atoms with Crippen molar-refractivity contribution in [3.05, 3.63) is 140 Å². The molecular formula is C40H23N3S2. The quantitative estimate of drug-likeness (QED) is 0.199. The van der Waals surface area contributed by atoms with E-state index in [1.807, 2.05) is 46.9 Å². The molecule has 0 aliphatic carbocycles. The van der Waals surface area contributed by atoms with Gasteiger partial charge in [0.25, 0.3) is 0 Å². The number of hydrogen-bond acceptors (Lipinski definition) is 4. The summed E-state index contributed by atoms with van der Waals surface area (Å²) in [7, 11) is 0. The first-order valence-electron chi connectivity index (χ1n) is 15.0. The first-order valence-corrected chi connectivity index (χ1v) is 16.6. The van der Waals surface area contributed by atoms with Gasteiger partial charge in [0.15, 0.2) is 5.82 Å². The van der Waals surface area contributed by atoms with Gasteiger partial charge in [-0.05, 0) is 24.3 Å². The molecule has 3 nitrogen and oxygen atoms in total. The fraction of sp³-hybridized carbons (Fsp3) is 0. The molecule has 0 radical (unpaired) electrons. The molecule has 4 heterocycles. The van der Waals surface area contributed by atoms with E-state index in [2.05, 4.69) is 120 Å². The van der Waals surface area contributed by atoms with Crippen LogP contribution in [0.5, 0.6) is 0 Å². The highest BCUT2D eigenvalue weighted by Crippen LogP contribution is 2.48. The van der Waals surface area contributed by atoms with Crippen LogP contribution in [0.1, 0.15) is 0 Å². The number of aromatic nitrogens is 3. The Morgan fingerprint density at radius 3 is 1.53 bits per heavy atom. The molecule has 210 valence electrons. The second-order valence-electron chi connectivity index (χ2n) is 11.4.